The average Bonchev–Trinajstić information content (AvgIpc) is 3.07. The second-order valence-electron chi connectivity index (χ2n) is 6.23. The highest BCUT2D eigenvalue weighted by molar-refractivity contribution is 7.17. The SMILES string of the molecule is CCOC(=O)c1cnc(N2CCN(CC3CCCNC3)CC2)s1. The summed E-state index contributed by atoms with van der Waals surface area (Å²) in [4.78, 5) is 21.6. The van der Waals surface area contributed by atoms with Gasteiger partial charge >= 0.3 is 5.97 Å². The molecule has 0 aromatic carbocycles. The van der Waals surface area contributed by atoms with E-state index >= 15 is 0 Å². The Morgan fingerprint density at radius 3 is 2.96 bits per heavy atom. The smallest absolute Gasteiger partial charge is 0.350 e. The van der Waals surface area contributed by atoms with Crippen LogP contribution in [0.3, 0.4) is 0 Å². The lowest BCUT2D eigenvalue weighted by molar-refractivity contribution is 0.0532. The van der Waals surface area contributed by atoms with E-state index in [0.29, 0.717) is 11.5 Å². The van der Waals surface area contributed by atoms with Crippen LogP contribution in [0.5, 0.6) is 0 Å². The summed E-state index contributed by atoms with van der Waals surface area (Å²) in [5, 5.41) is 4.43. The lowest BCUT2D eigenvalue weighted by Crippen LogP contribution is -2.49. The molecule has 2 fully saturated rings. The minimum Gasteiger partial charge on any atom is -0.462 e. The van der Waals surface area contributed by atoms with Crippen LogP contribution in [0.15, 0.2) is 6.20 Å². The second-order valence-corrected chi connectivity index (χ2v) is 7.24. The van der Waals surface area contributed by atoms with E-state index in [9.17, 15) is 4.79 Å². The molecule has 2 aliphatic rings. The Hall–Kier alpha value is -1.18. The third kappa shape index (κ3) is 4.43. The molecule has 7 heteroatoms. The highest BCUT2D eigenvalue weighted by atomic mass is 32.1. The molecule has 1 unspecified atom stereocenters. The molecule has 6 nitrogen and oxygen atoms in total. The molecule has 2 saturated heterocycles. The van der Waals surface area contributed by atoms with Crippen molar-refractivity contribution in [2.45, 2.75) is 19.8 Å². The lowest BCUT2D eigenvalue weighted by Gasteiger charge is -2.37. The molecule has 0 radical (unpaired) electrons. The van der Waals surface area contributed by atoms with Gasteiger partial charge in [0.1, 0.15) is 4.88 Å². The molecule has 128 valence electrons. The number of nitrogens with one attached hydrogen (secondary N) is 1. The molecule has 0 amide bonds. The lowest BCUT2D eigenvalue weighted by atomic mass is 9.99. The predicted molar refractivity (Wildman–Crippen MR) is 92.3 cm³/mol. The number of nitrogens with zero attached hydrogens (tertiary/aromatic N) is 3. The van der Waals surface area contributed by atoms with Crippen LogP contribution in [-0.2, 0) is 4.74 Å². The molecule has 0 bridgehead atoms. The van der Waals surface area contributed by atoms with Crippen LogP contribution < -0.4 is 10.2 Å². The van der Waals surface area contributed by atoms with E-state index in [1.54, 1.807) is 6.20 Å². The van der Waals surface area contributed by atoms with Gasteiger partial charge in [-0.1, -0.05) is 11.3 Å². The zero-order valence-electron chi connectivity index (χ0n) is 13.8. The fraction of sp³-hybridized carbons (Fsp3) is 0.750. The predicted octanol–water partition coefficient (Wildman–Crippen LogP) is 1.44. The summed E-state index contributed by atoms with van der Waals surface area (Å²) in [6, 6.07) is 0. The Labute approximate surface area is 141 Å². The maximum atomic E-state index is 11.7. The number of aromatic nitrogens is 1. The van der Waals surface area contributed by atoms with Gasteiger partial charge in [0.2, 0.25) is 0 Å². The van der Waals surface area contributed by atoms with Crippen LogP contribution in [0.4, 0.5) is 5.13 Å². The Kier molecular flexibility index (Phi) is 5.85. The number of ether oxygens (including phenoxy) is 1. The summed E-state index contributed by atoms with van der Waals surface area (Å²) in [7, 11) is 0. The number of hydrogen-bond acceptors (Lipinski definition) is 7. The molecule has 0 aliphatic carbocycles. The van der Waals surface area contributed by atoms with Gasteiger partial charge in [-0.15, -0.1) is 0 Å². The van der Waals surface area contributed by atoms with Gasteiger partial charge in [-0.25, -0.2) is 9.78 Å². The van der Waals surface area contributed by atoms with E-state index in [1.165, 1.54) is 37.3 Å². The Bertz CT molecular complexity index is 508. The van der Waals surface area contributed by atoms with Crippen molar-refractivity contribution in [1.82, 2.24) is 15.2 Å². The Morgan fingerprint density at radius 1 is 1.43 bits per heavy atom. The van der Waals surface area contributed by atoms with E-state index < -0.39 is 0 Å². The quantitative estimate of drug-likeness (QED) is 0.820. The van der Waals surface area contributed by atoms with Crippen molar-refractivity contribution in [3.63, 3.8) is 0 Å². The van der Waals surface area contributed by atoms with Crippen LogP contribution in [0.2, 0.25) is 0 Å². The van der Waals surface area contributed by atoms with Gasteiger partial charge in [0, 0.05) is 32.7 Å². The monoisotopic (exact) mass is 338 g/mol. The second kappa shape index (κ2) is 8.08. The number of anilines is 1. The highest BCUT2D eigenvalue weighted by Gasteiger charge is 2.23. The van der Waals surface area contributed by atoms with Crippen molar-refractivity contribution in [2.75, 3.05) is 57.3 Å². The summed E-state index contributed by atoms with van der Waals surface area (Å²) in [6.45, 7) is 9.88. The van der Waals surface area contributed by atoms with Gasteiger partial charge in [-0.05, 0) is 38.8 Å². The maximum Gasteiger partial charge on any atom is 0.350 e. The first-order valence-electron chi connectivity index (χ1n) is 8.57. The number of esters is 1. The molecular formula is C16H26N4O2S. The fourth-order valence-corrected chi connectivity index (χ4v) is 4.14. The molecule has 3 heterocycles. The van der Waals surface area contributed by atoms with Gasteiger partial charge in [0.25, 0.3) is 0 Å². The first-order chi connectivity index (χ1) is 11.3. The van der Waals surface area contributed by atoms with Crippen LogP contribution in [0.1, 0.15) is 29.4 Å². The van der Waals surface area contributed by atoms with Gasteiger partial charge in [-0.3, -0.25) is 4.90 Å². The van der Waals surface area contributed by atoms with Crippen LogP contribution in [0.25, 0.3) is 0 Å². The molecule has 3 rings (SSSR count). The highest BCUT2D eigenvalue weighted by Crippen LogP contribution is 2.24. The third-order valence-corrected chi connectivity index (χ3v) is 5.57. The van der Waals surface area contributed by atoms with Crippen molar-refractivity contribution < 1.29 is 9.53 Å². The normalized spacial score (nSPS) is 23.0. The van der Waals surface area contributed by atoms with Crippen molar-refractivity contribution in [1.29, 1.82) is 0 Å². The molecule has 0 saturated carbocycles. The van der Waals surface area contributed by atoms with Crippen molar-refractivity contribution in [2.24, 2.45) is 5.92 Å². The number of piperazine rings is 1. The molecule has 1 N–H and O–H groups in total. The van der Waals surface area contributed by atoms with Gasteiger partial charge in [0.15, 0.2) is 5.13 Å². The van der Waals surface area contributed by atoms with E-state index in [2.05, 4.69) is 20.1 Å². The first kappa shape index (κ1) is 16.7. The number of carbonyl (C=O) groups excluding carboxylic acids is 1. The van der Waals surface area contributed by atoms with Gasteiger partial charge in [0.05, 0.1) is 12.8 Å². The molecular weight excluding hydrogens is 312 g/mol. The van der Waals surface area contributed by atoms with E-state index in [-0.39, 0.29) is 5.97 Å². The minimum absolute atomic E-state index is 0.264. The number of thiazole rings is 1. The number of piperidine rings is 1. The molecule has 23 heavy (non-hydrogen) atoms. The summed E-state index contributed by atoms with van der Waals surface area (Å²) >= 11 is 1.44. The van der Waals surface area contributed by atoms with Crippen molar-refractivity contribution in [3.8, 4) is 0 Å². The van der Waals surface area contributed by atoms with Gasteiger partial charge < -0.3 is 15.0 Å². The van der Waals surface area contributed by atoms with Crippen molar-refractivity contribution >= 4 is 22.4 Å². The van der Waals surface area contributed by atoms with E-state index in [1.807, 2.05) is 6.92 Å². The minimum atomic E-state index is -0.264. The molecule has 0 spiro atoms. The molecule has 2 aliphatic heterocycles. The first-order valence-corrected chi connectivity index (χ1v) is 9.39. The molecule has 1 atom stereocenters. The molecule has 1 aromatic rings. The summed E-state index contributed by atoms with van der Waals surface area (Å²) in [5.74, 6) is 0.533. The Balaban J connectivity index is 1.47. The van der Waals surface area contributed by atoms with Crippen LogP contribution >= 0.6 is 11.3 Å². The zero-order valence-corrected chi connectivity index (χ0v) is 14.6. The van der Waals surface area contributed by atoms with E-state index in [4.69, 9.17) is 4.74 Å². The standard InChI is InChI=1S/C16H26N4O2S/c1-2-22-15(21)14-11-18-16(23-14)20-8-6-19(7-9-20)12-13-4-3-5-17-10-13/h11,13,17H,2-10,12H2,1H3. The summed E-state index contributed by atoms with van der Waals surface area (Å²) in [6.07, 6.45) is 4.29. The Morgan fingerprint density at radius 2 is 2.26 bits per heavy atom. The average molecular weight is 338 g/mol. The number of hydrogen-bond donors (Lipinski definition) is 1. The molecule has 1 aromatic heterocycles. The maximum absolute atomic E-state index is 11.7. The van der Waals surface area contributed by atoms with Gasteiger partial charge in [-0.2, -0.15) is 0 Å². The topological polar surface area (TPSA) is 57.7 Å². The van der Waals surface area contributed by atoms with Crippen molar-refractivity contribution in [3.05, 3.63) is 11.1 Å². The third-order valence-electron chi connectivity index (χ3n) is 4.53. The summed E-state index contributed by atoms with van der Waals surface area (Å²) in [5.41, 5.74) is 0. The van der Waals surface area contributed by atoms with Crippen LogP contribution in [-0.4, -0.2) is 68.3 Å². The van der Waals surface area contributed by atoms with Crippen LogP contribution in [0, 0.1) is 5.92 Å². The summed E-state index contributed by atoms with van der Waals surface area (Å²) < 4.78 is 5.03. The largest absolute Gasteiger partial charge is 0.462 e. The zero-order chi connectivity index (χ0) is 16.1. The van der Waals surface area contributed by atoms with E-state index in [0.717, 1.165) is 43.8 Å². The fourth-order valence-electron chi connectivity index (χ4n) is 3.27. The number of carbonyl (C=O) groups is 1. The number of rotatable bonds is 5.